The van der Waals surface area contributed by atoms with Crippen molar-refractivity contribution in [3.8, 4) is 0 Å². The normalized spacial score (nSPS) is 11.4. The van der Waals surface area contributed by atoms with Crippen LogP contribution in [0, 0.1) is 6.92 Å². The van der Waals surface area contributed by atoms with E-state index in [0.29, 0.717) is 16.7 Å². The number of furan rings is 1. The highest BCUT2D eigenvalue weighted by Gasteiger charge is 2.27. The lowest BCUT2D eigenvalue weighted by molar-refractivity contribution is -0.176. The number of para-hydroxylation sites is 1. The molecule has 0 saturated heterocycles. The van der Waals surface area contributed by atoms with Crippen LogP contribution in [0.15, 0.2) is 52.9 Å². The average molecular weight is 406 g/mol. The number of amides is 2. The lowest BCUT2D eigenvalue weighted by Crippen LogP contribution is -2.41. The molecule has 0 fully saturated rings. The van der Waals surface area contributed by atoms with Gasteiger partial charge in [-0.3, -0.25) is 20.4 Å². The standard InChI is InChI=1S/C20H17F3N2O4/c1-12-15-4-2-3-5-16(15)29-17(12)19(27)25-24-18(26)14-8-6-13(7-9-14)10-28-11-20(21,22)23/h2-9H,10-11H2,1H3,(H,24,26)(H,25,27). The maximum atomic E-state index is 12.3. The number of ether oxygens (including phenoxy) is 1. The van der Waals surface area contributed by atoms with Crippen LogP contribution in [0.1, 0.15) is 32.0 Å². The molecule has 0 aliphatic carbocycles. The molecule has 152 valence electrons. The SMILES string of the molecule is Cc1c(C(=O)NNC(=O)c2ccc(COCC(F)(F)F)cc2)oc2ccccc12. The molecule has 29 heavy (non-hydrogen) atoms. The van der Waals surface area contributed by atoms with E-state index in [-0.39, 0.29) is 17.9 Å². The van der Waals surface area contributed by atoms with Gasteiger partial charge in [-0.2, -0.15) is 13.2 Å². The average Bonchev–Trinajstić information content (AvgIpc) is 3.02. The summed E-state index contributed by atoms with van der Waals surface area (Å²) in [6.07, 6.45) is -4.39. The Labute approximate surface area is 163 Å². The summed E-state index contributed by atoms with van der Waals surface area (Å²) in [5.74, 6) is -1.11. The largest absolute Gasteiger partial charge is 0.451 e. The Bertz CT molecular complexity index is 1030. The quantitative estimate of drug-likeness (QED) is 0.630. The molecule has 0 atom stereocenters. The van der Waals surface area contributed by atoms with Gasteiger partial charge in [0.2, 0.25) is 0 Å². The van der Waals surface area contributed by atoms with Crippen molar-refractivity contribution in [2.75, 3.05) is 6.61 Å². The highest BCUT2D eigenvalue weighted by atomic mass is 19.4. The second-order valence-electron chi connectivity index (χ2n) is 6.27. The molecule has 3 aromatic rings. The molecule has 0 bridgehead atoms. The van der Waals surface area contributed by atoms with Gasteiger partial charge in [-0.1, -0.05) is 30.3 Å². The van der Waals surface area contributed by atoms with E-state index in [1.54, 1.807) is 19.1 Å². The molecule has 6 nitrogen and oxygen atoms in total. The van der Waals surface area contributed by atoms with Crippen LogP contribution in [0.5, 0.6) is 0 Å². The zero-order valence-corrected chi connectivity index (χ0v) is 15.3. The van der Waals surface area contributed by atoms with E-state index in [0.717, 1.165) is 5.39 Å². The minimum atomic E-state index is -4.39. The zero-order valence-electron chi connectivity index (χ0n) is 15.3. The lowest BCUT2D eigenvalue weighted by atomic mass is 10.1. The van der Waals surface area contributed by atoms with Crippen molar-refractivity contribution in [1.29, 1.82) is 0 Å². The third-order valence-corrected chi connectivity index (χ3v) is 4.09. The number of carbonyl (C=O) groups is 2. The van der Waals surface area contributed by atoms with E-state index in [9.17, 15) is 22.8 Å². The molecule has 3 rings (SSSR count). The lowest BCUT2D eigenvalue weighted by Gasteiger charge is -2.09. The van der Waals surface area contributed by atoms with Crippen molar-refractivity contribution in [2.45, 2.75) is 19.7 Å². The van der Waals surface area contributed by atoms with Gasteiger partial charge < -0.3 is 9.15 Å². The van der Waals surface area contributed by atoms with Crippen molar-refractivity contribution >= 4 is 22.8 Å². The number of hydrazine groups is 1. The fourth-order valence-electron chi connectivity index (χ4n) is 2.67. The fraction of sp³-hybridized carbons (Fsp3) is 0.200. The molecule has 0 aliphatic heterocycles. The van der Waals surface area contributed by atoms with Crippen molar-refractivity contribution in [3.63, 3.8) is 0 Å². The number of benzene rings is 2. The van der Waals surface area contributed by atoms with Crippen molar-refractivity contribution in [3.05, 3.63) is 71.0 Å². The van der Waals surface area contributed by atoms with Crippen molar-refractivity contribution in [1.82, 2.24) is 10.9 Å². The van der Waals surface area contributed by atoms with E-state index in [4.69, 9.17) is 4.42 Å². The van der Waals surface area contributed by atoms with Crippen molar-refractivity contribution < 1.29 is 31.9 Å². The van der Waals surface area contributed by atoms with Gasteiger partial charge in [-0.25, -0.2) is 0 Å². The summed E-state index contributed by atoms with van der Waals surface area (Å²) in [7, 11) is 0. The van der Waals surface area contributed by atoms with Crippen LogP contribution in [-0.2, 0) is 11.3 Å². The first-order valence-electron chi connectivity index (χ1n) is 8.57. The van der Waals surface area contributed by atoms with Crippen LogP contribution >= 0.6 is 0 Å². The number of rotatable bonds is 5. The first-order chi connectivity index (χ1) is 13.7. The summed E-state index contributed by atoms with van der Waals surface area (Å²) < 4.78 is 46.3. The Kier molecular flexibility index (Phi) is 5.88. The maximum absolute atomic E-state index is 12.3. The second-order valence-corrected chi connectivity index (χ2v) is 6.27. The van der Waals surface area contributed by atoms with Crippen molar-refractivity contribution in [2.24, 2.45) is 0 Å². The summed E-state index contributed by atoms with van der Waals surface area (Å²) in [6, 6.07) is 12.9. The van der Waals surface area contributed by atoms with Gasteiger partial charge >= 0.3 is 12.1 Å². The topological polar surface area (TPSA) is 80.6 Å². The number of hydrogen-bond donors (Lipinski definition) is 2. The van der Waals surface area contributed by atoms with Crippen LogP contribution in [0.4, 0.5) is 13.2 Å². The molecule has 0 saturated carbocycles. The van der Waals surface area contributed by atoms with E-state index in [1.165, 1.54) is 24.3 Å². The fourth-order valence-corrected chi connectivity index (χ4v) is 2.67. The highest BCUT2D eigenvalue weighted by Crippen LogP contribution is 2.24. The van der Waals surface area contributed by atoms with Crippen LogP contribution in [0.3, 0.4) is 0 Å². The zero-order chi connectivity index (χ0) is 21.0. The summed E-state index contributed by atoms with van der Waals surface area (Å²) in [5.41, 5.74) is 6.46. The Morgan fingerprint density at radius 1 is 1.00 bits per heavy atom. The molecular formula is C20H17F3N2O4. The molecule has 0 radical (unpaired) electrons. The minimum Gasteiger partial charge on any atom is -0.451 e. The second kappa shape index (κ2) is 8.36. The third kappa shape index (κ3) is 5.14. The van der Waals surface area contributed by atoms with E-state index >= 15 is 0 Å². The van der Waals surface area contributed by atoms with Crippen LogP contribution < -0.4 is 10.9 Å². The van der Waals surface area contributed by atoms with Gasteiger partial charge in [0, 0.05) is 16.5 Å². The molecular weight excluding hydrogens is 389 g/mol. The predicted molar refractivity (Wildman–Crippen MR) is 98.0 cm³/mol. The van der Waals surface area contributed by atoms with Gasteiger partial charge in [-0.15, -0.1) is 0 Å². The summed E-state index contributed by atoms with van der Waals surface area (Å²) in [6.45, 7) is 0.161. The van der Waals surface area contributed by atoms with Gasteiger partial charge in [0.1, 0.15) is 12.2 Å². The molecule has 2 N–H and O–H groups in total. The number of fused-ring (bicyclic) bond motifs is 1. The number of carbonyl (C=O) groups excluding carboxylic acids is 2. The van der Waals surface area contributed by atoms with E-state index in [1.807, 2.05) is 12.1 Å². The Balaban J connectivity index is 1.56. The number of nitrogens with one attached hydrogen (secondary N) is 2. The highest BCUT2D eigenvalue weighted by molar-refractivity contribution is 6.01. The van der Waals surface area contributed by atoms with Crippen LogP contribution in [0.25, 0.3) is 11.0 Å². The predicted octanol–water partition coefficient (Wildman–Crippen LogP) is 3.89. The molecule has 2 aromatic carbocycles. The number of aryl methyl sites for hydroxylation is 1. The molecule has 1 heterocycles. The van der Waals surface area contributed by atoms with Gasteiger partial charge in [0.15, 0.2) is 5.76 Å². The first-order valence-corrected chi connectivity index (χ1v) is 8.57. The monoisotopic (exact) mass is 406 g/mol. The smallest absolute Gasteiger partial charge is 0.411 e. The summed E-state index contributed by atoms with van der Waals surface area (Å²) in [5, 5.41) is 0.798. The van der Waals surface area contributed by atoms with Gasteiger partial charge in [0.05, 0.1) is 6.61 Å². The first kappa shape index (κ1) is 20.4. The Morgan fingerprint density at radius 3 is 2.31 bits per heavy atom. The van der Waals surface area contributed by atoms with Crippen LogP contribution in [-0.4, -0.2) is 24.6 Å². The molecule has 9 heteroatoms. The molecule has 0 unspecified atom stereocenters. The van der Waals surface area contributed by atoms with Gasteiger partial charge in [-0.05, 0) is 30.7 Å². The number of alkyl halides is 3. The maximum Gasteiger partial charge on any atom is 0.411 e. The number of hydrogen-bond acceptors (Lipinski definition) is 4. The molecule has 0 aliphatic rings. The van der Waals surface area contributed by atoms with Crippen LogP contribution in [0.2, 0.25) is 0 Å². The molecule has 0 spiro atoms. The summed E-state index contributed by atoms with van der Waals surface area (Å²) >= 11 is 0. The Morgan fingerprint density at radius 2 is 1.66 bits per heavy atom. The minimum absolute atomic E-state index is 0.0867. The summed E-state index contributed by atoms with van der Waals surface area (Å²) in [4.78, 5) is 24.5. The van der Waals surface area contributed by atoms with E-state index < -0.39 is 24.6 Å². The number of halogens is 3. The van der Waals surface area contributed by atoms with E-state index in [2.05, 4.69) is 15.6 Å². The third-order valence-electron chi connectivity index (χ3n) is 4.09. The Hall–Kier alpha value is -3.33. The molecule has 1 aromatic heterocycles. The van der Waals surface area contributed by atoms with Gasteiger partial charge in [0.25, 0.3) is 5.91 Å². The molecule has 2 amide bonds.